The molecule has 2 rings (SSSR count). The van der Waals surface area contributed by atoms with Gasteiger partial charge in [-0.2, -0.15) is 5.10 Å². The summed E-state index contributed by atoms with van der Waals surface area (Å²) in [6.45, 7) is 5.80. The minimum Gasteiger partial charge on any atom is -0.481 e. The smallest absolute Gasteiger partial charge is 0.331 e. The molecule has 0 bridgehead atoms. The molecule has 1 aliphatic carbocycles. The Morgan fingerprint density at radius 1 is 1.23 bits per heavy atom. The number of rotatable bonds is 10. The van der Waals surface area contributed by atoms with Crippen molar-refractivity contribution in [2.75, 3.05) is 0 Å². The van der Waals surface area contributed by atoms with Crippen molar-refractivity contribution in [1.29, 1.82) is 0 Å². The number of carbonyl (C=O) groups is 3. The second kappa shape index (κ2) is 11.9. The second-order valence-electron chi connectivity index (χ2n) is 8.00. The zero-order valence-corrected chi connectivity index (χ0v) is 18.5. The molecule has 0 saturated heterocycles. The molecular formula is C22H34N4O5. The Morgan fingerprint density at radius 2 is 1.90 bits per heavy atom. The minimum atomic E-state index is -1.22. The predicted octanol–water partition coefficient (Wildman–Crippen LogP) is 3.24. The fourth-order valence-corrected chi connectivity index (χ4v) is 3.38. The van der Waals surface area contributed by atoms with Gasteiger partial charge in [-0.1, -0.05) is 39.5 Å². The number of carboxylic acid groups (broad SMARTS) is 2. The summed E-state index contributed by atoms with van der Waals surface area (Å²) in [5.41, 5.74) is 10.1. The Kier molecular flexibility index (Phi) is 9.98. The molecule has 1 amide bonds. The van der Waals surface area contributed by atoms with Crippen molar-refractivity contribution in [1.82, 2.24) is 9.78 Å². The van der Waals surface area contributed by atoms with Gasteiger partial charge in [0, 0.05) is 17.5 Å². The molecule has 2 unspecified atom stereocenters. The van der Waals surface area contributed by atoms with Crippen LogP contribution < -0.4 is 11.5 Å². The van der Waals surface area contributed by atoms with Gasteiger partial charge in [0.1, 0.15) is 0 Å². The number of nitrogens with zero attached hydrogens (tertiary/aromatic N) is 2. The molecule has 9 heteroatoms. The van der Waals surface area contributed by atoms with E-state index in [-0.39, 0.29) is 17.7 Å². The Morgan fingerprint density at radius 3 is 2.39 bits per heavy atom. The third-order valence-electron chi connectivity index (χ3n) is 5.27. The van der Waals surface area contributed by atoms with Crippen molar-refractivity contribution >= 4 is 17.8 Å². The molecule has 1 aliphatic rings. The average molecular weight is 435 g/mol. The van der Waals surface area contributed by atoms with E-state index in [1.807, 2.05) is 4.68 Å². The van der Waals surface area contributed by atoms with Gasteiger partial charge in [0.05, 0.1) is 23.2 Å². The molecule has 1 heterocycles. The first-order chi connectivity index (χ1) is 14.5. The fourth-order valence-electron chi connectivity index (χ4n) is 3.38. The Labute approximate surface area is 182 Å². The Balaban J connectivity index is 0.000000316. The second-order valence-corrected chi connectivity index (χ2v) is 8.00. The molecule has 0 aliphatic heterocycles. The maximum Gasteiger partial charge on any atom is 0.331 e. The van der Waals surface area contributed by atoms with Crippen molar-refractivity contribution in [3.63, 3.8) is 0 Å². The monoisotopic (exact) mass is 434 g/mol. The van der Waals surface area contributed by atoms with Crippen molar-refractivity contribution in [2.24, 2.45) is 16.9 Å². The van der Waals surface area contributed by atoms with E-state index in [0.717, 1.165) is 12.8 Å². The van der Waals surface area contributed by atoms with Crippen LogP contribution in [0, 0.1) is 5.41 Å². The molecule has 0 saturated carbocycles. The standard InChI is InChI=1S/C13H23N3O.C9H11NO4/c1-3-5-6-7-8-12(4-2)16-10-11(9-15-16)13(14)17;1-9(8(13)14)3-5(7(11)12)2-6(10)4-9/h9-10,12H,3-8H2,1-2H3,(H2,14,17);2,4H,3,10H2,1H3,(H,11,12)(H,13,14). The predicted molar refractivity (Wildman–Crippen MR) is 117 cm³/mol. The number of aliphatic carboxylic acids is 2. The van der Waals surface area contributed by atoms with E-state index in [1.165, 1.54) is 44.8 Å². The van der Waals surface area contributed by atoms with Gasteiger partial charge in [-0.25, -0.2) is 4.79 Å². The lowest BCUT2D eigenvalue weighted by Crippen LogP contribution is -2.30. The van der Waals surface area contributed by atoms with E-state index >= 15 is 0 Å². The average Bonchev–Trinajstić information content (AvgIpc) is 3.18. The summed E-state index contributed by atoms with van der Waals surface area (Å²) in [6, 6.07) is 0.389. The van der Waals surface area contributed by atoms with Crippen LogP contribution in [-0.4, -0.2) is 37.8 Å². The third kappa shape index (κ3) is 7.92. The molecule has 0 spiro atoms. The van der Waals surface area contributed by atoms with Crippen molar-refractivity contribution in [3.05, 3.63) is 41.4 Å². The topological polar surface area (TPSA) is 162 Å². The number of aromatic nitrogens is 2. The number of nitrogens with two attached hydrogens (primary N) is 2. The molecule has 0 radical (unpaired) electrons. The van der Waals surface area contributed by atoms with Crippen LogP contribution >= 0.6 is 0 Å². The lowest BCUT2D eigenvalue weighted by molar-refractivity contribution is -0.145. The quantitative estimate of drug-likeness (QED) is 0.411. The van der Waals surface area contributed by atoms with Crippen LogP contribution in [-0.2, 0) is 9.59 Å². The van der Waals surface area contributed by atoms with Gasteiger partial charge in [0.2, 0.25) is 0 Å². The van der Waals surface area contributed by atoms with Crippen LogP contribution in [0.3, 0.4) is 0 Å². The summed E-state index contributed by atoms with van der Waals surface area (Å²) in [4.78, 5) is 32.5. The summed E-state index contributed by atoms with van der Waals surface area (Å²) in [5, 5.41) is 21.8. The van der Waals surface area contributed by atoms with Crippen molar-refractivity contribution in [2.45, 2.75) is 71.8 Å². The van der Waals surface area contributed by atoms with Crippen LogP contribution in [0.1, 0.15) is 82.1 Å². The number of amides is 1. The van der Waals surface area contributed by atoms with Gasteiger partial charge in [-0.05, 0) is 38.3 Å². The molecule has 0 fully saturated rings. The first-order valence-corrected chi connectivity index (χ1v) is 10.5. The number of allylic oxidation sites excluding steroid dienone is 1. The number of carboxylic acids is 2. The summed E-state index contributed by atoms with van der Waals surface area (Å²) >= 11 is 0. The molecule has 1 aromatic heterocycles. The van der Waals surface area contributed by atoms with E-state index in [4.69, 9.17) is 21.7 Å². The highest BCUT2D eigenvalue weighted by Crippen LogP contribution is 2.32. The van der Waals surface area contributed by atoms with Crippen LogP contribution in [0.4, 0.5) is 0 Å². The van der Waals surface area contributed by atoms with Gasteiger partial charge in [-0.3, -0.25) is 14.3 Å². The normalized spacial score (nSPS) is 18.8. The van der Waals surface area contributed by atoms with Crippen LogP contribution in [0.15, 0.2) is 35.8 Å². The minimum absolute atomic E-state index is 0.0231. The molecule has 31 heavy (non-hydrogen) atoms. The molecule has 172 valence electrons. The number of carbonyl (C=O) groups excluding carboxylic acids is 1. The van der Waals surface area contributed by atoms with Gasteiger partial charge in [-0.15, -0.1) is 0 Å². The Hall–Kier alpha value is -3.10. The van der Waals surface area contributed by atoms with Gasteiger partial charge in [0.15, 0.2) is 0 Å². The van der Waals surface area contributed by atoms with E-state index in [2.05, 4.69) is 18.9 Å². The van der Waals surface area contributed by atoms with Crippen LogP contribution in [0.2, 0.25) is 0 Å². The van der Waals surface area contributed by atoms with Crippen molar-refractivity contribution in [3.8, 4) is 0 Å². The van der Waals surface area contributed by atoms with E-state index < -0.39 is 23.3 Å². The maximum absolute atomic E-state index is 11.0. The lowest BCUT2D eigenvalue weighted by Gasteiger charge is -2.24. The largest absolute Gasteiger partial charge is 0.481 e. The molecular weight excluding hydrogens is 400 g/mol. The van der Waals surface area contributed by atoms with Crippen LogP contribution in [0.25, 0.3) is 0 Å². The van der Waals surface area contributed by atoms with E-state index in [9.17, 15) is 14.4 Å². The third-order valence-corrected chi connectivity index (χ3v) is 5.27. The van der Waals surface area contributed by atoms with E-state index in [1.54, 1.807) is 12.4 Å². The highest BCUT2D eigenvalue weighted by Gasteiger charge is 2.36. The molecule has 2 atom stereocenters. The molecule has 0 aromatic carbocycles. The summed E-state index contributed by atoms with van der Waals surface area (Å²) in [7, 11) is 0. The number of hydrogen-bond donors (Lipinski definition) is 4. The highest BCUT2D eigenvalue weighted by molar-refractivity contribution is 5.92. The lowest BCUT2D eigenvalue weighted by atomic mass is 9.79. The summed E-state index contributed by atoms with van der Waals surface area (Å²) in [5.74, 6) is -2.61. The van der Waals surface area contributed by atoms with Crippen molar-refractivity contribution < 1.29 is 24.6 Å². The fraction of sp³-hybridized carbons (Fsp3) is 0.545. The highest BCUT2D eigenvalue weighted by atomic mass is 16.4. The van der Waals surface area contributed by atoms with Gasteiger partial charge >= 0.3 is 11.9 Å². The zero-order valence-electron chi connectivity index (χ0n) is 18.5. The summed E-state index contributed by atoms with van der Waals surface area (Å²) in [6.07, 6.45) is 13.1. The SMILES string of the molecule is CC1(C(=O)O)C=C(N)C=C(C(=O)O)C1.CCCCCCC(CC)n1cc(C(N)=O)cn1. The first kappa shape index (κ1) is 25.9. The molecule has 1 aromatic rings. The summed E-state index contributed by atoms with van der Waals surface area (Å²) < 4.78 is 1.88. The number of primary amides is 1. The molecule has 9 nitrogen and oxygen atoms in total. The Bertz CT molecular complexity index is 843. The zero-order chi connectivity index (χ0) is 23.6. The number of hydrogen-bond acceptors (Lipinski definition) is 5. The first-order valence-electron chi connectivity index (χ1n) is 10.5. The van der Waals surface area contributed by atoms with Gasteiger partial charge < -0.3 is 21.7 Å². The maximum atomic E-state index is 11.0. The van der Waals surface area contributed by atoms with Crippen LogP contribution in [0.5, 0.6) is 0 Å². The van der Waals surface area contributed by atoms with E-state index in [0.29, 0.717) is 11.6 Å². The number of unbranched alkanes of at least 4 members (excludes halogenated alkanes) is 3. The van der Waals surface area contributed by atoms with Gasteiger partial charge in [0.25, 0.3) is 5.91 Å². The molecule has 6 N–H and O–H groups in total.